The van der Waals surface area contributed by atoms with Crippen LogP contribution in [-0.4, -0.2) is 29.8 Å². The zero-order valence-electron chi connectivity index (χ0n) is 8.37. The van der Waals surface area contributed by atoms with E-state index >= 15 is 0 Å². The van der Waals surface area contributed by atoms with E-state index in [1.807, 2.05) is 19.0 Å². The van der Waals surface area contributed by atoms with Gasteiger partial charge in [0.05, 0.1) is 0 Å². The van der Waals surface area contributed by atoms with Gasteiger partial charge in [-0.15, -0.1) is 0 Å². The lowest BCUT2D eigenvalue weighted by molar-refractivity contribution is 0.104. The molecule has 0 N–H and O–H groups in total. The largest absolute Gasteiger partial charge is 0.383 e. The number of rotatable bonds is 3. The summed E-state index contributed by atoms with van der Waals surface area (Å²) in [6.07, 6.45) is 3.23. The maximum atomic E-state index is 11.7. The van der Waals surface area contributed by atoms with Gasteiger partial charge < -0.3 is 4.90 Å². The third-order valence-electron chi connectivity index (χ3n) is 1.57. The van der Waals surface area contributed by atoms with Crippen LogP contribution in [0.2, 0.25) is 0 Å². The highest BCUT2D eigenvalue weighted by molar-refractivity contribution is 9.11. The third-order valence-corrected chi connectivity index (χ3v) is 2.38. The maximum absolute atomic E-state index is 11.7. The molecule has 80 valence electrons. The Hall–Kier alpha value is -0.680. The van der Waals surface area contributed by atoms with E-state index in [1.54, 1.807) is 18.3 Å². The molecular formula is C10H10Br2N2O. The van der Waals surface area contributed by atoms with Crippen LogP contribution in [0.1, 0.15) is 10.4 Å². The number of carbonyl (C=O) groups is 1. The van der Waals surface area contributed by atoms with E-state index < -0.39 is 0 Å². The molecule has 0 aliphatic carbocycles. The molecule has 1 rings (SSSR count). The number of carbonyl (C=O) groups excluding carboxylic acids is 1. The number of hydrogen-bond acceptors (Lipinski definition) is 3. The summed E-state index contributed by atoms with van der Waals surface area (Å²) in [4.78, 5) is 17.5. The summed E-state index contributed by atoms with van der Waals surface area (Å²) in [5, 5.41) is 0. The number of allylic oxidation sites excluding steroid dienone is 1. The predicted octanol–water partition coefficient (Wildman–Crippen LogP) is 2.86. The topological polar surface area (TPSA) is 33.2 Å². The minimum Gasteiger partial charge on any atom is -0.383 e. The molecule has 1 aromatic heterocycles. The Labute approximate surface area is 105 Å². The number of pyridine rings is 1. The Balaban J connectivity index is 2.91. The van der Waals surface area contributed by atoms with Crippen LogP contribution in [0.3, 0.4) is 0 Å². The van der Waals surface area contributed by atoms with Crippen LogP contribution in [-0.2, 0) is 0 Å². The van der Waals surface area contributed by atoms with Crippen LogP contribution in [0.5, 0.6) is 0 Å². The van der Waals surface area contributed by atoms with E-state index in [-0.39, 0.29) is 5.78 Å². The van der Waals surface area contributed by atoms with Gasteiger partial charge >= 0.3 is 0 Å². The minimum absolute atomic E-state index is 0.0486. The van der Waals surface area contributed by atoms with Gasteiger partial charge in [-0.05, 0) is 44.0 Å². The second-order valence-corrected chi connectivity index (χ2v) is 4.77. The lowest BCUT2D eigenvalue weighted by Gasteiger charge is -2.03. The Morgan fingerprint density at radius 3 is 2.33 bits per heavy atom. The molecule has 0 saturated heterocycles. The van der Waals surface area contributed by atoms with Crippen molar-refractivity contribution in [1.82, 2.24) is 9.88 Å². The van der Waals surface area contributed by atoms with E-state index in [2.05, 4.69) is 36.8 Å². The summed E-state index contributed by atoms with van der Waals surface area (Å²) >= 11 is 6.47. The fourth-order valence-corrected chi connectivity index (χ4v) is 2.03. The van der Waals surface area contributed by atoms with Crippen molar-refractivity contribution in [3.05, 3.63) is 39.2 Å². The number of hydrogen-bond donors (Lipinski definition) is 0. The molecule has 0 unspecified atom stereocenters. The Morgan fingerprint density at radius 1 is 1.33 bits per heavy atom. The van der Waals surface area contributed by atoms with Gasteiger partial charge in [0.15, 0.2) is 5.78 Å². The molecule has 0 aliphatic heterocycles. The molecule has 0 fully saturated rings. The van der Waals surface area contributed by atoms with Crippen molar-refractivity contribution in [3.8, 4) is 0 Å². The van der Waals surface area contributed by atoms with Crippen LogP contribution in [0.25, 0.3) is 0 Å². The fourth-order valence-electron chi connectivity index (χ4n) is 0.920. The summed E-state index contributed by atoms with van der Waals surface area (Å²) in [7, 11) is 3.73. The van der Waals surface area contributed by atoms with Gasteiger partial charge in [-0.1, -0.05) is 0 Å². The SMILES string of the molecule is CN(C)C=CC(=O)c1cc(Br)nc(Br)c1. The highest BCUT2D eigenvalue weighted by Gasteiger charge is 2.05. The molecule has 3 nitrogen and oxygen atoms in total. The van der Waals surface area contributed by atoms with Gasteiger partial charge in [-0.3, -0.25) is 4.79 Å². The summed E-state index contributed by atoms with van der Waals surface area (Å²) in [6, 6.07) is 3.38. The lowest BCUT2D eigenvalue weighted by Crippen LogP contribution is -2.03. The van der Waals surface area contributed by atoms with E-state index in [9.17, 15) is 4.79 Å². The smallest absolute Gasteiger partial charge is 0.187 e. The molecule has 0 atom stereocenters. The first-order valence-corrected chi connectivity index (χ1v) is 5.79. The first-order chi connectivity index (χ1) is 6.99. The van der Waals surface area contributed by atoms with Crippen LogP contribution in [0.15, 0.2) is 33.6 Å². The van der Waals surface area contributed by atoms with Gasteiger partial charge in [-0.2, -0.15) is 0 Å². The van der Waals surface area contributed by atoms with Gasteiger partial charge in [0, 0.05) is 31.9 Å². The molecule has 0 saturated carbocycles. The molecule has 15 heavy (non-hydrogen) atoms. The first kappa shape index (κ1) is 12.4. The summed E-state index contributed by atoms with van der Waals surface area (Å²) in [6.45, 7) is 0. The highest BCUT2D eigenvalue weighted by Crippen LogP contribution is 2.16. The van der Waals surface area contributed by atoms with E-state index in [4.69, 9.17) is 0 Å². The highest BCUT2D eigenvalue weighted by atomic mass is 79.9. The summed E-state index contributed by atoms with van der Waals surface area (Å²) in [5.74, 6) is -0.0486. The predicted molar refractivity (Wildman–Crippen MR) is 66.8 cm³/mol. The van der Waals surface area contributed by atoms with Crippen molar-refractivity contribution < 1.29 is 4.79 Å². The van der Waals surface area contributed by atoms with Gasteiger partial charge in [0.25, 0.3) is 0 Å². The Kier molecular flexibility index (Phi) is 4.47. The lowest BCUT2D eigenvalue weighted by atomic mass is 10.2. The van der Waals surface area contributed by atoms with E-state index in [0.29, 0.717) is 14.8 Å². The number of nitrogens with zero attached hydrogens (tertiary/aromatic N) is 2. The van der Waals surface area contributed by atoms with Gasteiger partial charge in [0.2, 0.25) is 0 Å². The molecule has 0 amide bonds. The molecule has 0 radical (unpaired) electrons. The minimum atomic E-state index is -0.0486. The number of halogens is 2. The zero-order valence-corrected chi connectivity index (χ0v) is 11.5. The van der Waals surface area contributed by atoms with Crippen LogP contribution in [0, 0.1) is 0 Å². The molecule has 0 aromatic carbocycles. The molecule has 5 heteroatoms. The monoisotopic (exact) mass is 332 g/mol. The second-order valence-electron chi connectivity index (χ2n) is 3.14. The summed E-state index contributed by atoms with van der Waals surface area (Å²) < 4.78 is 1.27. The average Bonchev–Trinajstić information content (AvgIpc) is 2.12. The first-order valence-electron chi connectivity index (χ1n) is 4.21. The summed E-state index contributed by atoms with van der Waals surface area (Å²) in [5.41, 5.74) is 0.599. The van der Waals surface area contributed by atoms with Crippen molar-refractivity contribution in [2.45, 2.75) is 0 Å². The molecular weight excluding hydrogens is 324 g/mol. The molecule has 1 aromatic rings. The average molecular weight is 334 g/mol. The molecule has 1 heterocycles. The second kappa shape index (κ2) is 5.42. The van der Waals surface area contributed by atoms with Crippen LogP contribution >= 0.6 is 31.9 Å². The Bertz CT molecular complexity index is 382. The van der Waals surface area contributed by atoms with E-state index in [0.717, 1.165) is 0 Å². The van der Waals surface area contributed by atoms with Crippen LogP contribution in [0.4, 0.5) is 0 Å². The normalized spacial score (nSPS) is 10.7. The maximum Gasteiger partial charge on any atom is 0.187 e. The van der Waals surface area contributed by atoms with Gasteiger partial charge in [0.1, 0.15) is 9.21 Å². The Morgan fingerprint density at radius 2 is 1.87 bits per heavy atom. The van der Waals surface area contributed by atoms with Crippen LogP contribution < -0.4 is 0 Å². The molecule has 0 aliphatic rings. The third kappa shape index (κ3) is 4.13. The number of aromatic nitrogens is 1. The quantitative estimate of drug-likeness (QED) is 0.484. The molecule has 0 bridgehead atoms. The zero-order chi connectivity index (χ0) is 11.4. The fraction of sp³-hybridized carbons (Fsp3) is 0.200. The van der Waals surface area contributed by atoms with Crippen molar-refractivity contribution >= 4 is 37.6 Å². The van der Waals surface area contributed by atoms with Gasteiger partial charge in [-0.25, -0.2) is 4.98 Å². The van der Waals surface area contributed by atoms with Crippen molar-refractivity contribution in [1.29, 1.82) is 0 Å². The standard InChI is InChI=1S/C10H10Br2N2O/c1-14(2)4-3-8(15)7-5-9(11)13-10(12)6-7/h3-6H,1-2H3. The van der Waals surface area contributed by atoms with E-state index in [1.165, 1.54) is 6.08 Å². The number of ketones is 1. The van der Waals surface area contributed by atoms with Crippen molar-refractivity contribution in [2.75, 3.05) is 14.1 Å². The van der Waals surface area contributed by atoms with Crippen molar-refractivity contribution in [2.24, 2.45) is 0 Å². The van der Waals surface area contributed by atoms with Crippen molar-refractivity contribution in [3.63, 3.8) is 0 Å². The molecule has 0 spiro atoms.